The zero-order valence-electron chi connectivity index (χ0n) is 12.0. The topological polar surface area (TPSA) is 116 Å². The van der Waals surface area contributed by atoms with Crippen molar-refractivity contribution >= 4 is 33.4 Å². The standard InChI is InChI=1S/C13H16N4O4S/c1-2-3-4-21-13(20)8-6-22-11-10(8)12(19)17(7-15-11)5-9(18)16-14/h6-7H,2-5,14H2,1H3,(H,16,18). The van der Waals surface area contributed by atoms with Gasteiger partial charge in [-0.2, -0.15) is 0 Å². The molecule has 0 aromatic carbocycles. The summed E-state index contributed by atoms with van der Waals surface area (Å²) in [4.78, 5) is 40.2. The number of nitrogens with zero attached hydrogens (tertiary/aromatic N) is 2. The summed E-state index contributed by atoms with van der Waals surface area (Å²) in [6.07, 6.45) is 2.91. The van der Waals surface area contributed by atoms with Gasteiger partial charge in [0.05, 0.1) is 23.9 Å². The van der Waals surface area contributed by atoms with Gasteiger partial charge >= 0.3 is 5.97 Å². The number of ether oxygens (including phenoxy) is 1. The Morgan fingerprint density at radius 2 is 2.27 bits per heavy atom. The van der Waals surface area contributed by atoms with E-state index in [1.54, 1.807) is 5.38 Å². The third-order valence-electron chi connectivity index (χ3n) is 2.99. The Kier molecular flexibility index (Phi) is 5.23. The Labute approximate surface area is 129 Å². The van der Waals surface area contributed by atoms with E-state index in [1.165, 1.54) is 17.7 Å². The Morgan fingerprint density at radius 3 is 2.95 bits per heavy atom. The molecule has 2 heterocycles. The van der Waals surface area contributed by atoms with Crippen LogP contribution in [0.5, 0.6) is 0 Å². The molecule has 0 saturated heterocycles. The molecule has 1 amide bonds. The molecule has 0 unspecified atom stereocenters. The summed E-state index contributed by atoms with van der Waals surface area (Å²) >= 11 is 1.18. The minimum absolute atomic E-state index is 0.166. The van der Waals surface area contributed by atoms with Crippen LogP contribution in [-0.4, -0.2) is 28.0 Å². The van der Waals surface area contributed by atoms with Crippen molar-refractivity contribution in [2.75, 3.05) is 6.61 Å². The maximum absolute atomic E-state index is 12.4. The molecular weight excluding hydrogens is 308 g/mol. The Balaban J connectivity index is 2.36. The van der Waals surface area contributed by atoms with Crippen LogP contribution in [0, 0.1) is 0 Å². The van der Waals surface area contributed by atoms with Gasteiger partial charge in [-0.15, -0.1) is 11.3 Å². The Bertz CT molecular complexity index is 752. The van der Waals surface area contributed by atoms with Crippen LogP contribution in [0.3, 0.4) is 0 Å². The number of nitrogens with one attached hydrogen (secondary N) is 1. The van der Waals surface area contributed by atoms with E-state index in [9.17, 15) is 14.4 Å². The summed E-state index contributed by atoms with van der Waals surface area (Å²) in [7, 11) is 0. The SMILES string of the molecule is CCCCOC(=O)c1csc2ncn(CC(=O)NN)c(=O)c12. The number of thiophene rings is 1. The van der Waals surface area contributed by atoms with E-state index in [0.717, 1.165) is 17.4 Å². The van der Waals surface area contributed by atoms with Crippen LogP contribution in [0.15, 0.2) is 16.5 Å². The van der Waals surface area contributed by atoms with E-state index >= 15 is 0 Å². The molecule has 9 heteroatoms. The average Bonchev–Trinajstić information content (AvgIpc) is 2.95. The van der Waals surface area contributed by atoms with E-state index < -0.39 is 17.4 Å². The predicted octanol–water partition coefficient (Wildman–Crippen LogP) is 0.405. The van der Waals surface area contributed by atoms with Crippen molar-refractivity contribution in [1.29, 1.82) is 0 Å². The number of carbonyl (C=O) groups is 2. The second-order valence-corrected chi connectivity index (χ2v) is 5.42. The highest BCUT2D eigenvalue weighted by Gasteiger charge is 2.19. The van der Waals surface area contributed by atoms with Crippen LogP contribution >= 0.6 is 11.3 Å². The molecule has 0 aliphatic rings. The van der Waals surface area contributed by atoms with E-state index in [-0.39, 0.29) is 17.5 Å². The lowest BCUT2D eigenvalue weighted by molar-refractivity contribution is -0.121. The first-order valence-electron chi connectivity index (χ1n) is 6.71. The molecular formula is C13H16N4O4S. The highest BCUT2D eigenvalue weighted by Crippen LogP contribution is 2.21. The van der Waals surface area contributed by atoms with Gasteiger partial charge < -0.3 is 4.74 Å². The maximum atomic E-state index is 12.4. The molecule has 0 atom stereocenters. The maximum Gasteiger partial charge on any atom is 0.339 e. The number of rotatable bonds is 6. The van der Waals surface area contributed by atoms with Crippen molar-refractivity contribution in [2.24, 2.45) is 5.84 Å². The van der Waals surface area contributed by atoms with Crippen molar-refractivity contribution in [3.63, 3.8) is 0 Å². The molecule has 2 aromatic heterocycles. The molecule has 3 N–H and O–H groups in total. The van der Waals surface area contributed by atoms with Crippen LogP contribution in [0.1, 0.15) is 30.1 Å². The second kappa shape index (κ2) is 7.14. The summed E-state index contributed by atoms with van der Waals surface area (Å²) in [6, 6.07) is 0. The van der Waals surface area contributed by atoms with Gasteiger partial charge in [0, 0.05) is 5.38 Å². The molecule has 2 rings (SSSR count). The molecule has 0 saturated carbocycles. The zero-order chi connectivity index (χ0) is 16.1. The number of hydrazine groups is 1. The monoisotopic (exact) mass is 324 g/mol. The molecule has 0 aliphatic carbocycles. The minimum Gasteiger partial charge on any atom is -0.462 e. The number of fused-ring (bicyclic) bond motifs is 1. The lowest BCUT2D eigenvalue weighted by Crippen LogP contribution is -2.36. The second-order valence-electron chi connectivity index (χ2n) is 4.56. The number of nitrogens with two attached hydrogens (primary N) is 1. The van der Waals surface area contributed by atoms with Crippen LogP contribution in [0.4, 0.5) is 0 Å². The summed E-state index contributed by atoms with van der Waals surface area (Å²) in [5.41, 5.74) is 1.64. The number of hydrogen-bond acceptors (Lipinski definition) is 7. The minimum atomic E-state index is -0.556. The number of carbonyl (C=O) groups excluding carboxylic acids is 2. The molecule has 22 heavy (non-hydrogen) atoms. The van der Waals surface area contributed by atoms with Crippen molar-refractivity contribution in [2.45, 2.75) is 26.3 Å². The van der Waals surface area contributed by atoms with Crippen molar-refractivity contribution < 1.29 is 14.3 Å². The molecule has 0 bridgehead atoms. The fourth-order valence-corrected chi connectivity index (χ4v) is 2.68. The van der Waals surface area contributed by atoms with Crippen LogP contribution in [-0.2, 0) is 16.1 Å². The lowest BCUT2D eigenvalue weighted by Gasteiger charge is -2.05. The first kappa shape index (κ1) is 16.1. The quantitative estimate of drug-likeness (QED) is 0.261. The van der Waals surface area contributed by atoms with Crippen LogP contribution < -0.4 is 16.8 Å². The molecule has 118 valence electrons. The zero-order valence-corrected chi connectivity index (χ0v) is 12.8. The first-order valence-corrected chi connectivity index (χ1v) is 7.59. The largest absolute Gasteiger partial charge is 0.462 e. The lowest BCUT2D eigenvalue weighted by atomic mass is 10.2. The highest BCUT2D eigenvalue weighted by molar-refractivity contribution is 7.17. The predicted molar refractivity (Wildman–Crippen MR) is 81.4 cm³/mol. The molecule has 8 nitrogen and oxygen atoms in total. The Hall–Kier alpha value is -2.26. The van der Waals surface area contributed by atoms with Gasteiger partial charge in [0.2, 0.25) is 0 Å². The fraction of sp³-hybridized carbons (Fsp3) is 0.385. The molecule has 0 spiro atoms. The van der Waals surface area contributed by atoms with Crippen molar-refractivity contribution in [1.82, 2.24) is 15.0 Å². The number of aromatic nitrogens is 2. The first-order chi connectivity index (χ1) is 10.6. The van der Waals surface area contributed by atoms with E-state index in [1.807, 2.05) is 12.3 Å². The van der Waals surface area contributed by atoms with Gasteiger partial charge in [-0.05, 0) is 6.42 Å². The van der Waals surface area contributed by atoms with Gasteiger partial charge in [0.25, 0.3) is 11.5 Å². The summed E-state index contributed by atoms with van der Waals surface area (Å²) in [5, 5.41) is 1.71. The van der Waals surface area contributed by atoms with Crippen molar-refractivity contribution in [3.05, 3.63) is 27.6 Å². The Morgan fingerprint density at radius 1 is 1.50 bits per heavy atom. The summed E-state index contributed by atoms with van der Waals surface area (Å²) in [6.45, 7) is 2.02. The fourth-order valence-electron chi connectivity index (χ4n) is 1.82. The van der Waals surface area contributed by atoms with E-state index in [0.29, 0.717) is 11.4 Å². The highest BCUT2D eigenvalue weighted by atomic mass is 32.1. The smallest absolute Gasteiger partial charge is 0.339 e. The average molecular weight is 324 g/mol. The number of esters is 1. The normalized spacial score (nSPS) is 10.6. The number of hydrogen-bond donors (Lipinski definition) is 2. The third kappa shape index (κ3) is 3.31. The number of unbranched alkanes of at least 4 members (excludes halogenated alkanes) is 1. The molecule has 0 radical (unpaired) electrons. The molecule has 2 aromatic rings. The van der Waals surface area contributed by atoms with Crippen LogP contribution in [0.25, 0.3) is 10.2 Å². The van der Waals surface area contributed by atoms with Gasteiger partial charge in [0.1, 0.15) is 11.4 Å². The van der Waals surface area contributed by atoms with Crippen molar-refractivity contribution in [3.8, 4) is 0 Å². The molecule has 0 aliphatic heterocycles. The number of amides is 1. The summed E-state index contributed by atoms with van der Waals surface area (Å²) in [5.74, 6) is 3.91. The van der Waals surface area contributed by atoms with E-state index in [2.05, 4.69) is 4.98 Å². The molecule has 0 fully saturated rings. The van der Waals surface area contributed by atoms with Gasteiger partial charge in [-0.3, -0.25) is 19.6 Å². The van der Waals surface area contributed by atoms with Crippen LogP contribution in [0.2, 0.25) is 0 Å². The van der Waals surface area contributed by atoms with E-state index in [4.69, 9.17) is 10.6 Å². The van der Waals surface area contributed by atoms with Gasteiger partial charge in [0.15, 0.2) is 0 Å². The van der Waals surface area contributed by atoms with Gasteiger partial charge in [-0.1, -0.05) is 13.3 Å². The van der Waals surface area contributed by atoms with Gasteiger partial charge in [-0.25, -0.2) is 15.6 Å². The third-order valence-corrected chi connectivity index (χ3v) is 3.87. The summed E-state index contributed by atoms with van der Waals surface area (Å²) < 4.78 is 6.22.